The van der Waals surface area contributed by atoms with Crippen LogP contribution < -0.4 is 16.8 Å². The van der Waals surface area contributed by atoms with Crippen molar-refractivity contribution in [3.05, 3.63) is 0 Å². The molecule has 0 aromatic carbocycles. The minimum Gasteiger partial charge on any atom is -0.388 e. The van der Waals surface area contributed by atoms with Gasteiger partial charge in [-0.2, -0.15) is 0 Å². The number of nitrogens with one attached hydrogen (secondary N) is 1. The van der Waals surface area contributed by atoms with Gasteiger partial charge >= 0.3 is 5.97 Å². The summed E-state index contributed by atoms with van der Waals surface area (Å²) in [4.78, 5) is 3.95. The van der Waals surface area contributed by atoms with Gasteiger partial charge in [-0.05, 0) is 0 Å². The maximum absolute atomic E-state index is 10.7. The van der Waals surface area contributed by atoms with Gasteiger partial charge in [0.25, 0.3) is 0 Å². The first-order valence-electron chi connectivity index (χ1n) is 6.79. The molecular formula is C11H18N4O7. The number of methoxy groups -OCH3 is 1. The zero-order chi connectivity index (χ0) is 16.1. The zero-order valence-electron chi connectivity index (χ0n) is 11.6. The maximum Gasteiger partial charge on any atom is 0.311 e. The van der Waals surface area contributed by atoms with Crippen LogP contribution in [0, 0.1) is 5.92 Å². The van der Waals surface area contributed by atoms with Crippen molar-refractivity contribution >= 4 is 5.96 Å². The summed E-state index contributed by atoms with van der Waals surface area (Å²) < 4.78 is 15.5. The van der Waals surface area contributed by atoms with E-state index in [1.807, 2.05) is 0 Å². The summed E-state index contributed by atoms with van der Waals surface area (Å²) in [6, 6.07) is 0. The minimum absolute atomic E-state index is 0.103. The summed E-state index contributed by atoms with van der Waals surface area (Å²) in [6.45, 7) is 0. The molecule has 9 N–H and O–H groups in total. The lowest BCUT2D eigenvalue weighted by Gasteiger charge is -2.71. The molecule has 0 aromatic heterocycles. The van der Waals surface area contributed by atoms with E-state index in [4.69, 9.17) is 25.7 Å². The third kappa shape index (κ3) is 1.28. The number of aliphatic hydroxyl groups excluding tert-OH is 2. The van der Waals surface area contributed by atoms with Crippen LogP contribution in [0.4, 0.5) is 0 Å². The van der Waals surface area contributed by atoms with Crippen molar-refractivity contribution < 1.29 is 34.6 Å². The summed E-state index contributed by atoms with van der Waals surface area (Å²) in [5.74, 6) is -5.52. The molecule has 22 heavy (non-hydrogen) atoms. The van der Waals surface area contributed by atoms with Crippen molar-refractivity contribution in [2.24, 2.45) is 22.4 Å². The largest absolute Gasteiger partial charge is 0.388 e. The molecule has 3 saturated heterocycles. The highest BCUT2D eigenvalue weighted by atomic mass is 16.9. The average Bonchev–Trinajstić information content (AvgIpc) is 2.45. The fraction of sp³-hybridized carbons (Fsp3) is 0.909. The lowest BCUT2D eigenvalue weighted by atomic mass is 9.57. The van der Waals surface area contributed by atoms with Crippen molar-refractivity contribution in [3.63, 3.8) is 0 Å². The highest BCUT2D eigenvalue weighted by molar-refractivity contribution is 5.80. The molecule has 124 valence electrons. The van der Waals surface area contributed by atoms with Crippen LogP contribution in [-0.2, 0) is 14.2 Å². The van der Waals surface area contributed by atoms with Gasteiger partial charge in [-0.3, -0.25) is 0 Å². The summed E-state index contributed by atoms with van der Waals surface area (Å²) in [5, 5.41) is 45.0. The molecule has 4 heterocycles. The van der Waals surface area contributed by atoms with E-state index < -0.39 is 53.8 Å². The second kappa shape index (κ2) is 3.88. The molecule has 4 aliphatic heterocycles. The molecule has 4 bridgehead atoms. The number of ether oxygens (including phenoxy) is 3. The lowest BCUT2D eigenvalue weighted by Crippen LogP contribution is -2.95. The number of aliphatic imine (C=N–C) groups is 1. The Bertz CT molecular complexity index is 563. The molecule has 1 spiro atoms. The van der Waals surface area contributed by atoms with Crippen LogP contribution >= 0.6 is 0 Å². The molecule has 1 aliphatic carbocycles. The van der Waals surface area contributed by atoms with Gasteiger partial charge in [0.05, 0.1) is 5.92 Å². The van der Waals surface area contributed by atoms with E-state index in [-0.39, 0.29) is 5.96 Å². The molecule has 0 aromatic rings. The number of hydrogen-bond donors (Lipinski definition) is 7. The van der Waals surface area contributed by atoms with Crippen LogP contribution in [0.2, 0.25) is 0 Å². The Balaban J connectivity index is 1.95. The Morgan fingerprint density at radius 1 is 1.27 bits per heavy atom. The normalized spacial score (nSPS) is 62.4. The quantitative estimate of drug-likeness (QED) is 0.231. The van der Waals surface area contributed by atoms with E-state index in [0.717, 1.165) is 0 Å². The van der Waals surface area contributed by atoms with Gasteiger partial charge in [0.15, 0.2) is 12.1 Å². The number of nitrogens with zero attached hydrogens (tertiary/aromatic N) is 1. The Kier molecular flexibility index (Phi) is 2.57. The van der Waals surface area contributed by atoms with Crippen LogP contribution in [0.15, 0.2) is 4.99 Å². The van der Waals surface area contributed by atoms with Crippen molar-refractivity contribution in [1.82, 2.24) is 5.32 Å². The van der Waals surface area contributed by atoms with E-state index in [2.05, 4.69) is 10.3 Å². The third-order valence-corrected chi connectivity index (χ3v) is 5.19. The predicted octanol–water partition coefficient (Wildman–Crippen LogP) is -4.94. The van der Waals surface area contributed by atoms with Crippen LogP contribution in [0.5, 0.6) is 0 Å². The van der Waals surface area contributed by atoms with Gasteiger partial charge in [-0.15, -0.1) is 0 Å². The molecule has 0 radical (unpaired) electrons. The van der Waals surface area contributed by atoms with Gasteiger partial charge < -0.3 is 51.4 Å². The van der Waals surface area contributed by atoms with Crippen LogP contribution in [0.25, 0.3) is 0 Å². The molecular weight excluding hydrogens is 300 g/mol. The van der Waals surface area contributed by atoms with Crippen LogP contribution in [0.1, 0.15) is 0 Å². The van der Waals surface area contributed by atoms with E-state index >= 15 is 0 Å². The number of guanidine groups is 1. The van der Waals surface area contributed by atoms with Crippen LogP contribution in [-0.4, -0.2) is 81.4 Å². The van der Waals surface area contributed by atoms with Gasteiger partial charge in [-0.1, -0.05) is 0 Å². The summed E-state index contributed by atoms with van der Waals surface area (Å²) in [6.07, 6.45) is -6.79. The molecule has 5 aliphatic rings. The molecule has 11 heteroatoms. The summed E-state index contributed by atoms with van der Waals surface area (Å²) in [7, 11) is 1.20. The zero-order valence-corrected chi connectivity index (χ0v) is 11.6. The van der Waals surface area contributed by atoms with Crippen molar-refractivity contribution in [1.29, 1.82) is 0 Å². The highest BCUT2D eigenvalue weighted by Gasteiger charge is 2.83. The van der Waals surface area contributed by atoms with Gasteiger partial charge in [0.1, 0.15) is 30.0 Å². The highest BCUT2D eigenvalue weighted by Crippen LogP contribution is 2.58. The minimum atomic E-state index is -2.43. The van der Waals surface area contributed by atoms with Crippen LogP contribution in [0.3, 0.4) is 0 Å². The Labute approximate surface area is 124 Å². The Morgan fingerprint density at radius 3 is 2.55 bits per heavy atom. The van der Waals surface area contributed by atoms with E-state index in [0.29, 0.717) is 0 Å². The summed E-state index contributed by atoms with van der Waals surface area (Å²) in [5.41, 5.74) is 10.1. The first kappa shape index (κ1) is 14.5. The number of hydrogen-bond acceptors (Lipinski definition) is 11. The van der Waals surface area contributed by atoms with E-state index in [9.17, 15) is 20.4 Å². The summed E-state index contributed by atoms with van der Waals surface area (Å²) >= 11 is 0. The average molecular weight is 318 g/mol. The predicted molar refractivity (Wildman–Crippen MR) is 67.6 cm³/mol. The van der Waals surface area contributed by atoms with E-state index in [1.54, 1.807) is 0 Å². The fourth-order valence-corrected chi connectivity index (χ4v) is 4.23. The number of nitrogens with two attached hydrogens (primary N) is 2. The molecule has 0 amide bonds. The monoisotopic (exact) mass is 318 g/mol. The number of rotatable bonds is 1. The molecule has 4 fully saturated rings. The van der Waals surface area contributed by atoms with Gasteiger partial charge in [-0.25, -0.2) is 4.99 Å². The van der Waals surface area contributed by atoms with Crippen molar-refractivity contribution in [2.75, 3.05) is 7.11 Å². The number of aliphatic hydroxyl groups is 4. The molecule has 1 saturated carbocycles. The van der Waals surface area contributed by atoms with Gasteiger partial charge in [0, 0.05) is 7.11 Å². The second-order valence-corrected chi connectivity index (χ2v) is 6.10. The topological polar surface area (TPSA) is 185 Å². The standard InChI is InChI=1S/C11H18N4O7/c1-20-10(18)4-2-6(12)14-8(13)15-9(2)3(16)5(10)22-11(19,21-4)7(9)17/h2-7,16-19H,12H2,1H3,(H3,13,14,15)/t2-,3-,4-,5+,6+,7+,9?,10-,11+/m1/s1. The Morgan fingerprint density at radius 2 is 1.91 bits per heavy atom. The lowest BCUT2D eigenvalue weighted by molar-refractivity contribution is -0.568. The molecule has 1 unspecified atom stereocenters. The van der Waals surface area contributed by atoms with Crippen molar-refractivity contribution in [2.45, 2.75) is 47.9 Å². The van der Waals surface area contributed by atoms with E-state index in [1.165, 1.54) is 7.11 Å². The fourth-order valence-electron chi connectivity index (χ4n) is 4.23. The third-order valence-electron chi connectivity index (χ3n) is 5.19. The SMILES string of the molecule is CO[C@]1(O)[C@@H]2O[C@]3(O)O[C@H]1[C@@H](O)C1(NC(N)=N[C@H](N)[C@@H]21)[C@@H]3O. The molecule has 11 nitrogen and oxygen atoms in total. The smallest absolute Gasteiger partial charge is 0.311 e. The molecule has 5 rings (SSSR count). The first-order chi connectivity index (χ1) is 10.2. The van der Waals surface area contributed by atoms with Gasteiger partial charge in [0.2, 0.25) is 5.79 Å². The Hall–Kier alpha value is -1.05. The first-order valence-corrected chi connectivity index (χ1v) is 6.79. The maximum atomic E-state index is 10.7. The molecule has 9 atom stereocenters. The second-order valence-electron chi connectivity index (χ2n) is 6.10. The van der Waals surface area contributed by atoms with Crippen molar-refractivity contribution in [3.8, 4) is 0 Å².